The first kappa shape index (κ1) is 15.2. The first-order chi connectivity index (χ1) is 7.43. The molecule has 0 saturated carbocycles. The minimum absolute atomic E-state index is 0. The third kappa shape index (κ3) is 3.34. The summed E-state index contributed by atoms with van der Waals surface area (Å²) in [6.45, 7) is 0. The second kappa shape index (κ2) is 6.93. The fourth-order valence-electron chi connectivity index (χ4n) is 2.35. The van der Waals surface area contributed by atoms with E-state index in [2.05, 4.69) is 36.5 Å². The van der Waals surface area contributed by atoms with Gasteiger partial charge < -0.3 is 24.8 Å². The Morgan fingerprint density at radius 1 is 0.647 bits per heavy atom. The third-order valence-corrected chi connectivity index (χ3v) is 7.27. The summed E-state index contributed by atoms with van der Waals surface area (Å²) in [5, 5.41) is 0. The molecule has 1 aliphatic heterocycles. The molecule has 0 spiro atoms. The van der Waals surface area contributed by atoms with Crippen molar-refractivity contribution in [1.82, 2.24) is 0 Å². The third-order valence-electron chi connectivity index (χ3n) is 3.20. The molecule has 3 heteroatoms. The zero-order valence-electron chi connectivity index (χ0n) is 9.55. The van der Waals surface area contributed by atoms with Crippen molar-refractivity contribution in [3.8, 4) is 0 Å². The molecule has 0 unspecified atom stereocenters. The summed E-state index contributed by atoms with van der Waals surface area (Å²) in [5.41, 5.74) is 3.28. The first-order valence-corrected chi connectivity index (χ1v) is 8.08. The van der Waals surface area contributed by atoms with Crippen LogP contribution in [0.15, 0.2) is 54.2 Å². The van der Waals surface area contributed by atoms with E-state index >= 15 is 0 Å². The quantitative estimate of drug-likeness (QED) is 0.440. The Balaban J connectivity index is 0.000000722. The van der Waals surface area contributed by atoms with Gasteiger partial charge in [0.25, 0.3) is 0 Å². The molecule has 88 valence electrons. The Hall–Kier alpha value is 0.163. The molecule has 3 rings (SSSR count). The average Bonchev–Trinajstić information content (AvgIpc) is 2.82. The molecule has 0 aromatic heterocycles. The van der Waals surface area contributed by atoms with Crippen LogP contribution in [-0.4, -0.2) is 0 Å². The molecule has 0 nitrogen and oxygen atoms in total. The first-order valence-electron chi connectivity index (χ1n) is 5.62. The standard InChI is InChI=1S/C14H14.2ClH.Zr/c1-2-8-13(7-1)11-5-6-12-14-9-3-4-10-14;;;/h1,3,5-7,9H,2,4,11-12H2;2*1H;/q;;;+2/p-2/b6-5-;;;. The monoisotopic (exact) mass is 342 g/mol. The van der Waals surface area contributed by atoms with E-state index in [1.165, 1.54) is 25.7 Å². The molecule has 0 N–H and O–H groups in total. The van der Waals surface area contributed by atoms with Crippen molar-refractivity contribution >= 4 is 0 Å². The Bertz CT molecular complexity index is 399. The van der Waals surface area contributed by atoms with Gasteiger partial charge >= 0.3 is 103 Å². The second-order valence-corrected chi connectivity index (χ2v) is 7.81. The summed E-state index contributed by atoms with van der Waals surface area (Å²) in [5.74, 6) is 0. The molecular weight excluding hydrogens is 330 g/mol. The second-order valence-electron chi connectivity index (χ2n) is 4.23. The minimum atomic E-state index is -0.417. The van der Waals surface area contributed by atoms with Gasteiger partial charge in [-0.2, -0.15) is 0 Å². The maximum absolute atomic E-state index is 2.36. The van der Waals surface area contributed by atoms with Crippen molar-refractivity contribution in [3.63, 3.8) is 0 Å². The minimum Gasteiger partial charge on any atom is -1.00 e. The molecule has 0 aromatic rings. The number of hydrogen-bond acceptors (Lipinski definition) is 0. The number of allylic oxidation sites excluding steroid dienone is 10. The van der Waals surface area contributed by atoms with Crippen LogP contribution in [0.1, 0.15) is 25.7 Å². The molecule has 0 aromatic carbocycles. The van der Waals surface area contributed by atoms with Gasteiger partial charge in [0.15, 0.2) is 0 Å². The molecular formula is C14H14Cl2Zr. The van der Waals surface area contributed by atoms with Crippen molar-refractivity contribution < 1.29 is 48.0 Å². The molecule has 3 aliphatic rings. The normalized spacial score (nSPS) is 22.1. The molecule has 0 bridgehead atoms. The Morgan fingerprint density at radius 2 is 1.12 bits per heavy atom. The van der Waals surface area contributed by atoms with Crippen LogP contribution in [0.5, 0.6) is 0 Å². The van der Waals surface area contributed by atoms with E-state index < -0.39 is 23.2 Å². The fourth-order valence-corrected chi connectivity index (χ4v) is 6.03. The fraction of sp³-hybridized carbons (Fsp3) is 0.286. The van der Waals surface area contributed by atoms with Crippen molar-refractivity contribution in [2.45, 2.75) is 25.7 Å². The Labute approximate surface area is 127 Å². The summed E-state index contributed by atoms with van der Waals surface area (Å²) in [6.07, 6.45) is 19.0. The molecule has 0 saturated heterocycles. The molecule has 0 radical (unpaired) electrons. The molecule has 0 atom stereocenters. The van der Waals surface area contributed by atoms with E-state index in [4.69, 9.17) is 0 Å². The summed E-state index contributed by atoms with van der Waals surface area (Å²) < 4.78 is 3.64. The smallest absolute Gasteiger partial charge is 1.00 e. The van der Waals surface area contributed by atoms with Crippen LogP contribution in [0, 0.1) is 0 Å². The zero-order chi connectivity index (χ0) is 10.1. The predicted octanol–water partition coefficient (Wildman–Crippen LogP) is -2.15. The number of hydrogen-bond donors (Lipinski definition) is 0. The van der Waals surface area contributed by atoms with Gasteiger partial charge in [-0.15, -0.1) is 0 Å². The van der Waals surface area contributed by atoms with Gasteiger partial charge in [-0.05, 0) is 0 Å². The Kier molecular flexibility index (Phi) is 6.20. The van der Waals surface area contributed by atoms with Crippen LogP contribution < -0.4 is 24.8 Å². The van der Waals surface area contributed by atoms with E-state index in [1.807, 2.05) is 6.56 Å². The maximum Gasteiger partial charge on any atom is -1.00 e. The number of halogens is 2. The van der Waals surface area contributed by atoms with Gasteiger partial charge in [-0.1, -0.05) is 0 Å². The predicted molar refractivity (Wildman–Crippen MR) is 59.9 cm³/mol. The molecule has 17 heavy (non-hydrogen) atoms. The van der Waals surface area contributed by atoms with Crippen LogP contribution in [-0.2, 0) is 23.2 Å². The molecule has 2 aliphatic carbocycles. The topological polar surface area (TPSA) is 0 Å². The van der Waals surface area contributed by atoms with Gasteiger partial charge in [-0.3, -0.25) is 0 Å². The summed E-state index contributed by atoms with van der Waals surface area (Å²) >= 11 is -0.417. The van der Waals surface area contributed by atoms with Crippen LogP contribution in [0.2, 0.25) is 0 Å². The summed E-state index contributed by atoms with van der Waals surface area (Å²) in [4.78, 5) is 0. The largest absolute Gasteiger partial charge is 1.00 e. The molecule has 0 fully saturated rings. The van der Waals surface area contributed by atoms with Gasteiger partial charge in [0.05, 0.1) is 0 Å². The van der Waals surface area contributed by atoms with Crippen molar-refractivity contribution in [1.29, 1.82) is 0 Å². The average molecular weight is 344 g/mol. The maximum atomic E-state index is 2.36. The molecule has 1 heterocycles. The van der Waals surface area contributed by atoms with E-state index in [9.17, 15) is 0 Å². The van der Waals surface area contributed by atoms with Gasteiger partial charge in [0, 0.05) is 0 Å². The van der Waals surface area contributed by atoms with E-state index in [1.54, 1.807) is 11.1 Å². The summed E-state index contributed by atoms with van der Waals surface area (Å²) in [7, 11) is 0. The van der Waals surface area contributed by atoms with Crippen molar-refractivity contribution in [3.05, 3.63) is 54.2 Å². The zero-order valence-corrected chi connectivity index (χ0v) is 13.5. The van der Waals surface area contributed by atoms with E-state index in [0.29, 0.717) is 0 Å². The van der Waals surface area contributed by atoms with E-state index in [-0.39, 0.29) is 24.8 Å². The van der Waals surface area contributed by atoms with Crippen LogP contribution >= 0.6 is 0 Å². The van der Waals surface area contributed by atoms with Crippen molar-refractivity contribution in [2.24, 2.45) is 0 Å². The van der Waals surface area contributed by atoms with Crippen LogP contribution in [0.3, 0.4) is 0 Å². The Morgan fingerprint density at radius 3 is 1.59 bits per heavy atom. The van der Waals surface area contributed by atoms with Gasteiger partial charge in [0.1, 0.15) is 0 Å². The van der Waals surface area contributed by atoms with Crippen molar-refractivity contribution in [2.75, 3.05) is 0 Å². The van der Waals surface area contributed by atoms with E-state index in [0.717, 1.165) is 0 Å². The van der Waals surface area contributed by atoms with Gasteiger partial charge in [0.2, 0.25) is 0 Å². The van der Waals surface area contributed by atoms with Crippen LogP contribution in [0.25, 0.3) is 0 Å². The molecule has 0 amide bonds. The summed E-state index contributed by atoms with van der Waals surface area (Å²) in [6, 6.07) is 0. The van der Waals surface area contributed by atoms with Gasteiger partial charge in [-0.25, -0.2) is 0 Å². The SMILES string of the molecule is C1=CC2=[C](C1)[Zr+2][C]1=C(C=CC1)C/C=C\C2.[Cl-].[Cl-]. The number of rotatable bonds is 0. The van der Waals surface area contributed by atoms with Crippen LogP contribution in [0.4, 0.5) is 0 Å².